The molecule has 0 spiro atoms. The molecule has 0 amide bonds. The van der Waals surface area contributed by atoms with Gasteiger partial charge in [-0.1, -0.05) is 0 Å². The molecule has 2 N–H and O–H groups in total. The molecular weight excluding hydrogens is 258 g/mol. The van der Waals surface area contributed by atoms with E-state index in [2.05, 4.69) is 15.9 Å². The van der Waals surface area contributed by atoms with Crippen LogP contribution < -0.4 is 10.5 Å². The Balaban J connectivity index is 2.84. The maximum absolute atomic E-state index is 5.62. The van der Waals surface area contributed by atoms with E-state index < -0.39 is 0 Å². The fourth-order valence-electron chi connectivity index (χ4n) is 1.72. The Labute approximate surface area is 96.3 Å². The van der Waals surface area contributed by atoms with E-state index in [9.17, 15) is 0 Å². The molecular formula is C11H12BrNO2. The Bertz CT molecular complexity index is 505. The van der Waals surface area contributed by atoms with Gasteiger partial charge in [-0.15, -0.1) is 0 Å². The van der Waals surface area contributed by atoms with Gasteiger partial charge in [0.15, 0.2) is 0 Å². The van der Waals surface area contributed by atoms with E-state index in [1.54, 1.807) is 7.11 Å². The first-order valence-electron chi connectivity index (χ1n) is 4.63. The summed E-state index contributed by atoms with van der Waals surface area (Å²) in [6, 6.07) is 3.82. The third-order valence-corrected chi connectivity index (χ3v) is 3.11. The van der Waals surface area contributed by atoms with Crippen LogP contribution >= 0.6 is 15.9 Å². The zero-order valence-electron chi connectivity index (χ0n) is 8.63. The Morgan fingerprint density at radius 3 is 2.80 bits per heavy atom. The summed E-state index contributed by atoms with van der Waals surface area (Å²) in [4.78, 5) is 0. The van der Waals surface area contributed by atoms with Gasteiger partial charge in [-0.25, -0.2) is 0 Å². The van der Waals surface area contributed by atoms with Gasteiger partial charge in [0.1, 0.15) is 17.1 Å². The molecule has 2 aromatic rings. The number of fused-ring (bicyclic) bond motifs is 1. The van der Waals surface area contributed by atoms with Crippen molar-refractivity contribution in [2.75, 3.05) is 7.11 Å². The van der Waals surface area contributed by atoms with Crippen molar-refractivity contribution >= 4 is 26.9 Å². The fourth-order valence-corrected chi connectivity index (χ4v) is 2.21. The van der Waals surface area contributed by atoms with Crippen LogP contribution in [-0.2, 0) is 6.54 Å². The second kappa shape index (κ2) is 3.87. The molecule has 1 aromatic carbocycles. The van der Waals surface area contributed by atoms with E-state index in [1.165, 1.54) is 0 Å². The van der Waals surface area contributed by atoms with E-state index in [0.29, 0.717) is 6.54 Å². The summed E-state index contributed by atoms with van der Waals surface area (Å²) in [5.74, 6) is 1.61. The van der Waals surface area contributed by atoms with E-state index in [4.69, 9.17) is 14.9 Å². The fraction of sp³-hybridized carbons (Fsp3) is 0.273. The number of aryl methyl sites for hydroxylation is 1. The second-order valence-corrected chi connectivity index (χ2v) is 4.16. The van der Waals surface area contributed by atoms with Gasteiger partial charge in [0.2, 0.25) is 0 Å². The molecule has 2 rings (SSSR count). The summed E-state index contributed by atoms with van der Waals surface area (Å²) in [6.45, 7) is 2.39. The van der Waals surface area contributed by atoms with Crippen LogP contribution in [0, 0.1) is 6.92 Å². The first-order chi connectivity index (χ1) is 7.19. The number of hydrogen-bond donors (Lipinski definition) is 1. The number of furan rings is 1. The average Bonchev–Trinajstić information content (AvgIpc) is 2.56. The summed E-state index contributed by atoms with van der Waals surface area (Å²) in [5, 5.41) is 0.993. The molecule has 0 bridgehead atoms. The van der Waals surface area contributed by atoms with Gasteiger partial charge < -0.3 is 14.9 Å². The lowest BCUT2D eigenvalue weighted by atomic mass is 10.1. The number of nitrogens with two attached hydrogens (primary N) is 1. The minimum atomic E-state index is 0.404. The molecule has 0 fully saturated rings. The standard InChI is InChI=1S/C11H12BrNO2/c1-6-9(5-13)15-8-4-3-7(12)11(14-2)10(6)8/h3-4H,5,13H2,1-2H3. The number of rotatable bonds is 2. The lowest BCUT2D eigenvalue weighted by Gasteiger charge is -2.04. The second-order valence-electron chi connectivity index (χ2n) is 3.31. The topological polar surface area (TPSA) is 48.4 Å². The van der Waals surface area contributed by atoms with Crippen molar-refractivity contribution in [3.63, 3.8) is 0 Å². The van der Waals surface area contributed by atoms with Crippen molar-refractivity contribution < 1.29 is 9.15 Å². The minimum absolute atomic E-state index is 0.404. The van der Waals surface area contributed by atoms with Crippen molar-refractivity contribution in [3.05, 3.63) is 27.9 Å². The van der Waals surface area contributed by atoms with Crippen molar-refractivity contribution in [2.24, 2.45) is 5.73 Å². The lowest BCUT2D eigenvalue weighted by molar-refractivity contribution is 0.417. The summed E-state index contributed by atoms with van der Waals surface area (Å²) < 4.78 is 11.9. The van der Waals surface area contributed by atoms with Crippen LogP contribution in [-0.4, -0.2) is 7.11 Å². The van der Waals surface area contributed by atoms with Gasteiger partial charge in [0, 0.05) is 5.56 Å². The summed E-state index contributed by atoms with van der Waals surface area (Å²) in [6.07, 6.45) is 0. The third kappa shape index (κ3) is 1.54. The molecule has 15 heavy (non-hydrogen) atoms. The Morgan fingerprint density at radius 2 is 2.20 bits per heavy atom. The highest BCUT2D eigenvalue weighted by atomic mass is 79.9. The van der Waals surface area contributed by atoms with E-state index in [0.717, 1.165) is 32.5 Å². The highest BCUT2D eigenvalue weighted by Crippen LogP contribution is 2.38. The van der Waals surface area contributed by atoms with E-state index in [-0.39, 0.29) is 0 Å². The van der Waals surface area contributed by atoms with E-state index in [1.807, 2.05) is 19.1 Å². The van der Waals surface area contributed by atoms with Gasteiger partial charge in [-0.05, 0) is 35.0 Å². The molecule has 3 nitrogen and oxygen atoms in total. The highest BCUT2D eigenvalue weighted by Gasteiger charge is 2.15. The number of benzene rings is 1. The van der Waals surface area contributed by atoms with Crippen LogP contribution in [0.2, 0.25) is 0 Å². The van der Waals surface area contributed by atoms with Crippen LogP contribution in [0.3, 0.4) is 0 Å². The SMILES string of the molecule is COc1c(Br)ccc2oc(CN)c(C)c12. The van der Waals surface area contributed by atoms with Crippen LogP contribution in [0.5, 0.6) is 5.75 Å². The van der Waals surface area contributed by atoms with Crippen molar-refractivity contribution in [3.8, 4) is 5.75 Å². The number of hydrogen-bond acceptors (Lipinski definition) is 3. The zero-order chi connectivity index (χ0) is 11.0. The maximum atomic E-state index is 5.62. The Morgan fingerprint density at radius 1 is 1.47 bits per heavy atom. The molecule has 1 heterocycles. The van der Waals surface area contributed by atoms with Crippen LogP contribution in [0.1, 0.15) is 11.3 Å². The molecule has 0 unspecified atom stereocenters. The van der Waals surface area contributed by atoms with Gasteiger partial charge in [0.25, 0.3) is 0 Å². The molecule has 0 saturated carbocycles. The molecule has 0 radical (unpaired) electrons. The van der Waals surface area contributed by atoms with Gasteiger partial charge in [-0.3, -0.25) is 0 Å². The predicted octanol–water partition coefficient (Wildman–Crippen LogP) is 2.97. The summed E-state index contributed by atoms with van der Waals surface area (Å²) in [5.41, 5.74) is 7.46. The molecule has 0 aliphatic rings. The first kappa shape index (κ1) is 10.5. The molecule has 1 aromatic heterocycles. The maximum Gasteiger partial charge on any atom is 0.144 e. The number of halogens is 1. The normalized spacial score (nSPS) is 10.9. The van der Waals surface area contributed by atoms with Crippen LogP contribution in [0.4, 0.5) is 0 Å². The third-order valence-electron chi connectivity index (χ3n) is 2.49. The highest BCUT2D eigenvalue weighted by molar-refractivity contribution is 9.10. The number of methoxy groups -OCH3 is 1. The molecule has 4 heteroatoms. The quantitative estimate of drug-likeness (QED) is 0.912. The van der Waals surface area contributed by atoms with Crippen molar-refractivity contribution in [1.29, 1.82) is 0 Å². The first-order valence-corrected chi connectivity index (χ1v) is 5.43. The van der Waals surface area contributed by atoms with Crippen molar-refractivity contribution in [2.45, 2.75) is 13.5 Å². The molecule has 0 atom stereocenters. The summed E-state index contributed by atoms with van der Waals surface area (Å²) in [7, 11) is 1.65. The van der Waals surface area contributed by atoms with Crippen LogP contribution in [0.15, 0.2) is 21.0 Å². The monoisotopic (exact) mass is 269 g/mol. The summed E-state index contributed by atoms with van der Waals surface area (Å²) >= 11 is 3.44. The molecule has 0 aliphatic carbocycles. The van der Waals surface area contributed by atoms with Crippen molar-refractivity contribution in [1.82, 2.24) is 0 Å². The Hall–Kier alpha value is -1.00. The molecule has 0 aliphatic heterocycles. The van der Waals surface area contributed by atoms with Gasteiger partial charge >= 0.3 is 0 Å². The minimum Gasteiger partial charge on any atom is -0.495 e. The number of ether oxygens (including phenoxy) is 1. The molecule has 80 valence electrons. The zero-order valence-corrected chi connectivity index (χ0v) is 10.2. The molecule has 0 saturated heterocycles. The van der Waals surface area contributed by atoms with Crippen LogP contribution in [0.25, 0.3) is 11.0 Å². The lowest BCUT2D eigenvalue weighted by Crippen LogP contribution is -1.95. The van der Waals surface area contributed by atoms with Gasteiger partial charge in [0.05, 0.1) is 23.5 Å². The van der Waals surface area contributed by atoms with Gasteiger partial charge in [-0.2, -0.15) is 0 Å². The Kier molecular flexibility index (Phi) is 2.71. The largest absolute Gasteiger partial charge is 0.495 e. The smallest absolute Gasteiger partial charge is 0.144 e. The van der Waals surface area contributed by atoms with E-state index >= 15 is 0 Å². The average molecular weight is 270 g/mol. The predicted molar refractivity (Wildman–Crippen MR) is 63.1 cm³/mol.